The van der Waals surface area contributed by atoms with E-state index in [1.54, 1.807) is 0 Å². The summed E-state index contributed by atoms with van der Waals surface area (Å²) >= 11 is 0. The first-order chi connectivity index (χ1) is 8.08. The lowest BCUT2D eigenvalue weighted by Gasteiger charge is -2.11. The van der Waals surface area contributed by atoms with Gasteiger partial charge in [0.15, 0.2) is 0 Å². The maximum absolute atomic E-state index is 10.4. The molecule has 0 bridgehead atoms. The van der Waals surface area contributed by atoms with Crippen LogP contribution in [0.5, 0.6) is 5.88 Å². The quantitative estimate of drug-likeness (QED) is 0.817. The summed E-state index contributed by atoms with van der Waals surface area (Å²) in [5.41, 5.74) is 1.86. The highest BCUT2D eigenvalue weighted by Crippen LogP contribution is 2.18. The predicted molar refractivity (Wildman–Crippen MR) is 63.3 cm³/mol. The zero-order valence-electron chi connectivity index (χ0n) is 10.5. The summed E-state index contributed by atoms with van der Waals surface area (Å²) in [6.07, 6.45) is 1.53. The summed E-state index contributed by atoms with van der Waals surface area (Å²) in [6.45, 7) is 6.04. The molecule has 1 aromatic rings. The van der Waals surface area contributed by atoms with Crippen LogP contribution in [0.3, 0.4) is 0 Å². The molecule has 5 nitrogen and oxygen atoms in total. The number of ether oxygens (including phenoxy) is 1. The second kappa shape index (κ2) is 6.18. The van der Waals surface area contributed by atoms with Gasteiger partial charge in [-0.2, -0.15) is 4.98 Å². The first-order valence-corrected chi connectivity index (χ1v) is 5.79. The van der Waals surface area contributed by atoms with Gasteiger partial charge in [0.2, 0.25) is 5.88 Å². The highest BCUT2D eigenvalue weighted by Gasteiger charge is 2.10. The van der Waals surface area contributed by atoms with Gasteiger partial charge in [0.25, 0.3) is 0 Å². The monoisotopic (exact) mass is 238 g/mol. The summed E-state index contributed by atoms with van der Waals surface area (Å²) < 4.78 is 5.40. The molecule has 0 amide bonds. The lowest BCUT2D eigenvalue weighted by Crippen LogP contribution is -2.10. The largest absolute Gasteiger partial charge is 0.481 e. The number of aryl methyl sites for hydroxylation is 2. The molecule has 0 radical (unpaired) electrons. The second-order valence-electron chi connectivity index (χ2n) is 3.72. The summed E-state index contributed by atoms with van der Waals surface area (Å²) in [5, 5.41) is 8.55. The number of aliphatic carboxylic acids is 1. The van der Waals surface area contributed by atoms with E-state index >= 15 is 0 Å². The van der Waals surface area contributed by atoms with Crippen molar-refractivity contribution in [2.45, 2.75) is 40.0 Å². The molecule has 0 aliphatic carbocycles. The smallest absolute Gasteiger partial charge is 0.306 e. The van der Waals surface area contributed by atoms with E-state index in [0.717, 1.165) is 29.9 Å². The molecule has 1 heterocycles. The van der Waals surface area contributed by atoms with Crippen LogP contribution < -0.4 is 4.74 Å². The number of hydrogen-bond acceptors (Lipinski definition) is 4. The first kappa shape index (κ1) is 13.4. The zero-order chi connectivity index (χ0) is 12.8. The van der Waals surface area contributed by atoms with E-state index in [4.69, 9.17) is 9.84 Å². The van der Waals surface area contributed by atoms with Crippen LogP contribution in [0.25, 0.3) is 0 Å². The Kier molecular flexibility index (Phi) is 4.87. The number of nitrogens with zero attached hydrogens (tertiary/aromatic N) is 2. The maximum atomic E-state index is 10.4. The van der Waals surface area contributed by atoms with Crippen LogP contribution >= 0.6 is 0 Å². The molecule has 0 aliphatic rings. The lowest BCUT2D eigenvalue weighted by atomic mass is 10.2. The van der Waals surface area contributed by atoms with Crippen LogP contribution in [-0.4, -0.2) is 27.7 Å². The summed E-state index contributed by atoms with van der Waals surface area (Å²) in [4.78, 5) is 19.1. The Morgan fingerprint density at radius 1 is 1.29 bits per heavy atom. The maximum Gasteiger partial charge on any atom is 0.306 e. The third-order valence-electron chi connectivity index (χ3n) is 2.45. The van der Waals surface area contributed by atoms with E-state index < -0.39 is 5.97 Å². The van der Waals surface area contributed by atoms with Gasteiger partial charge in [0.05, 0.1) is 12.1 Å². The Labute approximate surface area is 101 Å². The summed E-state index contributed by atoms with van der Waals surface area (Å²) in [6, 6.07) is 0. The van der Waals surface area contributed by atoms with Crippen molar-refractivity contribution in [2.75, 3.05) is 6.61 Å². The number of aromatic nitrogens is 2. The van der Waals surface area contributed by atoms with Gasteiger partial charge in [0.1, 0.15) is 12.4 Å². The Bertz CT molecular complexity index is 405. The van der Waals surface area contributed by atoms with Gasteiger partial charge < -0.3 is 9.84 Å². The lowest BCUT2D eigenvalue weighted by molar-refractivity contribution is -0.137. The van der Waals surface area contributed by atoms with Crippen molar-refractivity contribution in [1.82, 2.24) is 9.97 Å². The molecule has 0 saturated heterocycles. The number of carbonyl (C=O) groups is 1. The number of carboxylic acid groups (broad SMARTS) is 1. The van der Waals surface area contributed by atoms with Gasteiger partial charge in [-0.3, -0.25) is 4.79 Å². The van der Waals surface area contributed by atoms with Crippen LogP contribution in [0.4, 0.5) is 0 Å². The molecule has 0 spiro atoms. The molecule has 5 heteroatoms. The molecule has 0 aromatic carbocycles. The molecule has 0 saturated carbocycles. The topological polar surface area (TPSA) is 72.3 Å². The van der Waals surface area contributed by atoms with Gasteiger partial charge in [-0.15, -0.1) is 0 Å². The molecule has 1 aromatic heterocycles. The van der Waals surface area contributed by atoms with Crippen molar-refractivity contribution in [1.29, 1.82) is 0 Å². The molecule has 0 fully saturated rings. The van der Waals surface area contributed by atoms with Gasteiger partial charge in [-0.25, -0.2) is 4.98 Å². The Morgan fingerprint density at radius 3 is 2.53 bits per heavy atom. The fraction of sp³-hybridized carbons (Fsp3) is 0.583. The Hall–Kier alpha value is -1.65. The van der Waals surface area contributed by atoms with Crippen molar-refractivity contribution >= 4 is 5.97 Å². The van der Waals surface area contributed by atoms with Crippen molar-refractivity contribution < 1.29 is 14.6 Å². The average molecular weight is 238 g/mol. The van der Waals surface area contributed by atoms with Crippen molar-refractivity contribution in [3.63, 3.8) is 0 Å². The molecule has 1 N–H and O–H groups in total. The van der Waals surface area contributed by atoms with E-state index in [-0.39, 0.29) is 13.0 Å². The summed E-state index contributed by atoms with van der Waals surface area (Å²) in [7, 11) is 0. The Morgan fingerprint density at radius 2 is 2.00 bits per heavy atom. The molecule has 0 aliphatic heterocycles. The number of rotatable bonds is 6. The van der Waals surface area contributed by atoms with Crippen LogP contribution in [0, 0.1) is 6.92 Å². The Balaban J connectivity index is 2.85. The molecule has 0 unspecified atom stereocenters. The molecule has 0 atom stereocenters. The molecule has 1 rings (SSSR count). The molecular weight excluding hydrogens is 220 g/mol. The van der Waals surface area contributed by atoms with Gasteiger partial charge in [-0.05, 0) is 13.3 Å². The van der Waals surface area contributed by atoms with E-state index in [1.165, 1.54) is 0 Å². The normalized spacial score (nSPS) is 10.3. The van der Waals surface area contributed by atoms with E-state index in [0.29, 0.717) is 5.88 Å². The molecular formula is C12H18N2O3. The van der Waals surface area contributed by atoms with Crippen LogP contribution in [0.1, 0.15) is 37.4 Å². The van der Waals surface area contributed by atoms with E-state index in [9.17, 15) is 4.79 Å². The predicted octanol–water partition coefficient (Wildman–Crippen LogP) is 1.76. The van der Waals surface area contributed by atoms with Crippen LogP contribution in [0.2, 0.25) is 0 Å². The average Bonchev–Trinajstić information content (AvgIpc) is 2.31. The van der Waals surface area contributed by atoms with E-state index in [2.05, 4.69) is 9.97 Å². The fourth-order valence-corrected chi connectivity index (χ4v) is 1.47. The summed E-state index contributed by atoms with van der Waals surface area (Å²) in [5.74, 6) is 0.371. The van der Waals surface area contributed by atoms with Crippen molar-refractivity contribution in [2.24, 2.45) is 0 Å². The number of hydrogen-bond donors (Lipinski definition) is 1. The minimum absolute atomic E-state index is 0.0215. The number of carboxylic acids is 1. The zero-order valence-corrected chi connectivity index (χ0v) is 10.5. The van der Waals surface area contributed by atoms with Crippen LogP contribution in [-0.2, 0) is 17.6 Å². The first-order valence-electron chi connectivity index (χ1n) is 5.79. The highest BCUT2D eigenvalue weighted by atomic mass is 16.5. The van der Waals surface area contributed by atoms with Gasteiger partial charge >= 0.3 is 5.97 Å². The SMILES string of the molecule is CCc1nc(CC)c(C)c(OCCC(=O)O)n1. The van der Waals surface area contributed by atoms with Gasteiger partial charge in [-0.1, -0.05) is 13.8 Å². The van der Waals surface area contributed by atoms with Crippen LogP contribution in [0.15, 0.2) is 0 Å². The minimum atomic E-state index is -0.872. The fourth-order valence-electron chi connectivity index (χ4n) is 1.47. The molecule has 17 heavy (non-hydrogen) atoms. The second-order valence-corrected chi connectivity index (χ2v) is 3.72. The highest BCUT2D eigenvalue weighted by molar-refractivity contribution is 5.66. The molecule has 94 valence electrons. The third-order valence-corrected chi connectivity index (χ3v) is 2.45. The van der Waals surface area contributed by atoms with Crippen molar-refractivity contribution in [3.8, 4) is 5.88 Å². The van der Waals surface area contributed by atoms with Gasteiger partial charge in [0, 0.05) is 12.0 Å². The van der Waals surface area contributed by atoms with Crippen molar-refractivity contribution in [3.05, 3.63) is 17.1 Å². The standard InChI is InChI=1S/C12H18N2O3/c1-4-9-8(3)12(14-10(5-2)13-9)17-7-6-11(15)16/h4-7H2,1-3H3,(H,15,16). The third kappa shape index (κ3) is 3.69. The van der Waals surface area contributed by atoms with E-state index in [1.807, 2.05) is 20.8 Å². The minimum Gasteiger partial charge on any atom is -0.481 e.